The molecule has 9 heteroatoms. The quantitative estimate of drug-likeness (QED) is 0.614. The Morgan fingerprint density at radius 2 is 2.13 bits per heavy atom. The van der Waals surface area contributed by atoms with Gasteiger partial charge in [-0.25, -0.2) is 9.78 Å². The molecule has 0 unspecified atom stereocenters. The number of thiazole rings is 1. The van der Waals surface area contributed by atoms with Gasteiger partial charge in [0, 0.05) is 19.0 Å². The Kier molecular flexibility index (Phi) is 5.70. The van der Waals surface area contributed by atoms with Gasteiger partial charge in [-0.15, -0.1) is 0 Å². The summed E-state index contributed by atoms with van der Waals surface area (Å²) in [4.78, 5) is 31.7. The van der Waals surface area contributed by atoms with Crippen molar-refractivity contribution in [2.45, 2.75) is 52.1 Å². The number of rotatable bonds is 3. The zero-order valence-corrected chi connectivity index (χ0v) is 19.0. The van der Waals surface area contributed by atoms with Gasteiger partial charge < -0.3 is 9.64 Å². The summed E-state index contributed by atoms with van der Waals surface area (Å²) in [6.07, 6.45) is 2.91. The molecule has 1 atom stereocenters. The fraction of sp³-hybridized carbons (Fsp3) is 0.455. The first-order valence-corrected chi connectivity index (χ1v) is 11.2. The minimum absolute atomic E-state index is 0.0115. The molecule has 0 bridgehead atoms. The molecule has 1 fully saturated rings. The molecule has 1 aliphatic rings. The number of nitrogens with one attached hydrogen (secondary N) is 2. The highest BCUT2D eigenvalue weighted by atomic mass is 32.1. The third-order valence-corrected chi connectivity index (χ3v) is 6.09. The predicted molar refractivity (Wildman–Crippen MR) is 121 cm³/mol. The van der Waals surface area contributed by atoms with Crippen LogP contribution in [0.25, 0.3) is 10.2 Å². The van der Waals surface area contributed by atoms with Gasteiger partial charge in [-0.2, -0.15) is 5.10 Å². The number of carbonyl (C=O) groups excluding carboxylic acids is 2. The van der Waals surface area contributed by atoms with Crippen LogP contribution in [-0.2, 0) is 4.74 Å². The number of aryl methyl sites for hydroxylation is 1. The Bertz CT molecular complexity index is 1110. The molecule has 0 spiro atoms. The number of ether oxygens (including phenoxy) is 1. The van der Waals surface area contributed by atoms with Crippen LogP contribution in [0.2, 0.25) is 0 Å². The summed E-state index contributed by atoms with van der Waals surface area (Å²) in [5, 5.41) is 10.5. The van der Waals surface area contributed by atoms with Gasteiger partial charge >= 0.3 is 6.09 Å². The number of hydrogen-bond donors (Lipinski definition) is 2. The van der Waals surface area contributed by atoms with Crippen LogP contribution in [0.4, 0.5) is 9.93 Å². The number of carbonyl (C=O) groups is 2. The van der Waals surface area contributed by atoms with Crippen molar-refractivity contribution in [3.05, 3.63) is 41.2 Å². The van der Waals surface area contributed by atoms with E-state index >= 15 is 0 Å². The van der Waals surface area contributed by atoms with Crippen LogP contribution in [0.3, 0.4) is 0 Å². The first-order valence-electron chi connectivity index (χ1n) is 10.4. The fourth-order valence-corrected chi connectivity index (χ4v) is 4.70. The van der Waals surface area contributed by atoms with E-state index in [9.17, 15) is 9.59 Å². The van der Waals surface area contributed by atoms with Crippen LogP contribution in [-0.4, -0.2) is 50.8 Å². The van der Waals surface area contributed by atoms with Crippen molar-refractivity contribution in [3.8, 4) is 0 Å². The second-order valence-corrected chi connectivity index (χ2v) is 9.94. The first kappa shape index (κ1) is 21.3. The molecule has 1 aromatic carbocycles. The van der Waals surface area contributed by atoms with E-state index in [1.807, 2.05) is 39.8 Å². The van der Waals surface area contributed by atoms with Crippen LogP contribution >= 0.6 is 11.3 Å². The number of aromatic amines is 1. The monoisotopic (exact) mass is 441 g/mol. The predicted octanol–water partition coefficient (Wildman–Crippen LogP) is 4.69. The Morgan fingerprint density at radius 1 is 1.32 bits per heavy atom. The fourth-order valence-electron chi connectivity index (χ4n) is 3.74. The van der Waals surface area contributed by atoms with Crippen molar-refractivity contribution in [2.75, 3.05) is 18.4 Å². The van der Waals surface area contributed by atoms with Crippen molar-refractivity contribution in [3.63, 3.8) is 0 Å². The normalized spacial score (nSPS) is 17.0. The molecule has 0 radical (unpaired) electrons. The Morgan fingerprint density at radius 3 is 2.90 bits per heavy atom. The van der Waals surface area contributed by atoms with Gasteiger partial charge in [-0.3, -0.25) is 15.2 Å². The van der Waals surface area contributed by atoms with Gasteiger partial charge in [0.05, 0.1) is 27.7 Å². The topological polar surface area (TPSA) is 100 Å². The summed E-state index contributed by atoms with van der Waals surface area (Å²) in [6.45, 7) is 8.72. The number of aromatic nitrogens is 3. The van der Waals surface area contributed by atoms with Gasteiger partial charge in [0.25, 0.3) is 5.91 Å². The molecule has 164 valence electrons. The van der Waals surface area contributed by atoms with Gasteiger partial charge in [-0.05, 0) is 58.2 Å². The summed E-state index contributed by atoms with van der Waals surface area (Å²) in [7, 11) is 0. The summed E-state index contributed by atoms with van der Waals surface area (Å²) in [5.74, 6) is -0.267. The highest BCUT2D eigenvalue weighted by Gasteiger charge is 2.31. The van der Waals surface area contributed by atoms with E-state index in [1.165, 1.54) is 17.5 Å². The lowest BCUT2D eigenvalue weighted by molar-refractivity contribution is 0.0197. The lowest BCUT2D eigenvalue weighted by atomic mass is 9.92. The summed E-state index contributed by atoms with van der Waals surface area (Å²) >= 11 is 1.44. The van der Waals surface area contributed by atoms with Crippen molar-refractivity contribution in [1.82, 2.24) is 20.1 Å². The smallest absolute Gasteiger partial charge is 0.410 e. The first-order chi connectivity index (χ1) is 14.7. The maximum absolute atomic E-state index is 13.0. The number of fused-ring (bicyclic) bond motifs is 1. The summed E-state index contributed by atoms with van der Waals surface area (Å²) < 4.78 is 6.54. The van der Waals surface area contributed by atoms with Crippen LogP contribution in [0.1, 0.15) is 61.1 Å². The van der Waals surface area contributed by atoms with E-state index in [1.54, 1.807) is 4.90 Å². The van der Waals surface area contributed by atoms with E-state index in [-0.39, 0.29) is 17.9 Å². The molecular weight excluding hydrogens is 414 g/mol. The highest BCUT2D eigenvalue weighted by molar-refractivity contribution is 7.22. The second kappa shape index (κ2) is 8.30. The number of nitrogens with zero attached hydrogens (tertiary/aromatic N) is 3. The largest absolute Gasteiger partial charge is 0.444 e. The van der Waals surface area contributed by atoms with Crippen LogP contribution in [0.15, 0.2) is 24.4 Å². The van der Waals surface area contributed by atoms with Gasteiger partial charge in [-0.1, -0.05) is 17.4 Å². The number of hydrogen-bond acceptors (Lipinski definition) is 6. The van der Waals surface area contributed by atoms with E-state index in [4.69, 9.17) is 4.74 Å². The van der Waals surface area contributed by atoms with Crippen LogP contribution < -0.4 is 5.32 Å². The van der Waals surface area contributed by atoms with Crippen molar-refractivity contribution in [2.24, 2.45) is 0 Å². The molecular formula is C22H27N5O3S. The van der Waals surface area contributed by atoms with Crippen LogP contribution in [0.5, 0.6) is 0 Å². The summed E-state index contributed by atoms with van der Waals surface area (Å²) in [6, 6.07) is 6.01. The SMILES string of the molecule is Cc1ccc2nc(NC(=O)c3cn[nH]c3[C@H]3CCCN(C(=O)OC(C)(C)C)C3)sc2c1. The number of benzene rings is 1. The Labute approximate surface area is 185 Å². The van der Waals surface area contributed by atoms with Gasteiger partial charge in [0.1, 0.15) is 5.60 Å². The average molecular weight is 442 g/mol. The minimum Gasteiger partial charge on any atom is -0.444 e. The maximum Gasteiger partial charge on any atom is 0.410 e. The standard InChI is InChI=1S/C22H27N5O3S/c1-13-7-8-16-17(10-13)31-20(24-16)25-19(28)15-11-23-26-18(15)14-6-5-9-27(12-14)21(29)30-22(2,3)4/h7-8,10-11,14H,5-6,9,12H2,1-4H3,(H,23,26)(H,24,25,28)/t14-/m0/s1. The molecule has 8 nitrogen and oxygen atoms in total. The molecule has 3 aromatic rings. The van der Waals surface area contributed by atoms with E-state index < -0.39 is 5.60 Å². The van der Waals surface area contributed by atoms with E-state index in [0.29, 0.717) is 23.8 Å². The molecule has 1 saturated heterocycles. The van der Waals surface area contributed by atoms with Crippen molar-refractivity contribution >= 4 is 38.7 Å². The molecule has 0 aliphatic carbocycles. The highest BCUT2D eigenvalue weighted by Crippen LogP contribution is 2.30. The van der Waals surface area contributed by atoms with Gasteiger partial charge in [0.15, 0.2) is 5.13 Å². The lowest BCUT2D eigenvalue weighted by Gasteiger charge is -2.34. The van der Waals surface area contributed by atoms with Crippen LogP contribution in [0, 0.1) is 6.92 Å². The number of anilines is 1. The second-order valence-electron chi connectivity index (χ2n) is 8.91. The zero-order valence-electron chi connectivity index (χ0n) is 18.2. The van der Waals surface area contributed by atoms with Crippen molar-refractivity contribution < 1.29 is 14.3 Å². The van der Waals surface area contributed by atoms with E-state index in [0.717, 1.165) is 34.3 Å². The third-order valence-electron chi connectivity index (χ3n) is 5.16. The zero-order chi connectivity index (χ0) is 22.2. The molecule has 31 heavy (non-hydrogen) atoms. The average Bonchev–Trinajstić information content (AvgIpc) is 3.33. The molecule has 1 aliphatic heterocycles. The van der Waals surface area contributed by atoms with E-state index in [2.05, 4.69) is 26.6 Å². The molecule has 0 saturated carbocycles. The Hall–Kier alpha value is -2.94. The molecule has 2 amide bonds. The maximum atomic E-state index is 13.0. The third kappa shape index (κ3) is 4.87. The molecule has 4 rings (SSSR count). The number of amides is 2. The number of piperidine rings is 1. The summed E-state index contributed by atoms with van der Waals surface area (Å²) in [5.41, 5.74) is 2.68. The molecule has 3 heterocycles. The van der Waals surface area contributed by atoms with Gasteiger partial charge in [0.2, 0.25) is 0 Å². The Balaban J connectivity index is 1.48. The molecule has 2 N–H and O–H groups in total. The minimum atomic E-state index is -0.543. The number of likely N-dealkylation sites (tertiary alicyclic amines) is 1. The van der Waals surface area contributed by atoms with Crippen molar-refractivity contribution in [1.29, 1.82) is 0 Å². The number of H-pyrrole nitrogens is 1. The molecule has 2 aromatic heterocycles. The lowest BCUT2D eigenvalue weighted by Crippen LogP contribution is -2.42.